The monoisotopic (exact) mass is 190 g/mol. The number of hydrogen-bond acceptors (Lipinski definition) is 4. The van der Waals surface area contributed by atoms with E-state index in [4.69, 9.17) is 14.7 Å². The molecule has 2 rings (SSSR count). The molecule has 1 aliphatic heterocycles. The third kappa shape index (κ3) is 1.44. The number of hydrogen-bond donors (Lipinski definition) is 1. The van der Waals surface area contributed by atoms with E-state index >= 15 is 0 Å². The zero-order chi connectivity index (χ0) is 9.97. The number of anilines is 1. The molecular weight excluding hydrogens is 180 g/mol. The number of nitrogens with zero attached hydrogens (tertiary/aromatic N) is 1. The summed E-state index contributed by atoms with van der Waals surface area (Å²) in [5, 5.41) is 11.4. The van der Waals surface area contributed by atoms with Gasteiger partial charge in [-0.3, -0.25) is 0 Å². The van der Waals surface area contributed by atoms with E-state index in [1.54, 1.807) is 0 Å². The maximum absolute atomic E-state index is 8.44. The minimum absolute atomic E-state index is 0.274. The Labute approximate surface area is 82.1 Å². The molecule has 1 N–H and O–H groups in total. The van der Waals surface area contributed by atoms with Crippen molar-refractivity contribution in [1.82, 2.24) is 0 Å². The summed E-state index contributed by atoms with van der Waals surface area (Å²) in [6.45, 7) is 2.53. The first-order chi connectivity index (χ1) is 6.81. The third-order valence-electron chi connectivity index (χ3n) is 2.08. The van der Waals surface area contributed by atoms with E-state index in [-0.39, 0.29) is 6.79 Å². The second-order valence-corrected chi connectivity index (χ2v) is 3.03. The van der Waals surface area contributed by atoms with Gasteiger partial charge in [-0.25, -0.2) is 0 Å². The molecule has 0 radical (unpaired) electrons. The Balaban J connectivity index is 2.29. The predicted octanol–water partition coefficient (Wildman–Crippen LogP) is 1.66. The molecule has 0 fully saturated rings. The smallest absolute Gasteiger partial charge is 0.231 e. The molecule has 0 atom stereocenters. The van der Waals surface area contributed by atoms with Crippen LogP contribution in [0, 0.1) is 18.3 Å². The zero-order valence-electron chi connectivity index (χ0n) is 7.83. The summed E-state index contributed by atoms with van der Waals surface area (Å²) in [5.74, 6) is 1.50. The lowest BCUT2D eigenvalue weighted by Crippen LogP contribution is -2.00. The molecule has 0 bridgehead atoms. The number of nitrogens with one attached hydrogen (secondary N) is 1. The minimum Gasteiger partial charge on any atom is -0.454 e. The van der Waals surface area contributed by atoms with E-state index in [2.05, 4.69) is 5.32 Å². The largest absolute Gasteiger partial charge is 0.454 e. The number of nitriles is 1. The Bertz CT molecular complexity index is 396. The average Bonchev–Trinajstić information content (AvgIpc) is 2.61. The van der Waals surface area contributed by atoms with Crippen LogP contribution in [-0.4, -0.2) is 13.3 Å². The van der Waals surface area contributed by atoms with Crippen molar-refractivity contribution in [2.24, 2.45) is 0 Å². The molecule has 0 amide bonds. The van der Waals surface area contributed by atoms with Crippen LogP contribution in [0.4, 0.5) is 5.69 Å². The molecule has 1 aliphatic rings. The van der Waals surface area contributed by atoms with Crippen molar-refractivity contribution in [2.45, 2.75) is 6.92 Å². The maximum Gasteiger partial charge on any atom is 0.231 e. The van der Waals surface area contributed by atoms with Crippen LogP contribution in [0.1, 0.15) is 5.56 Å². The number of rotatable bonds is 2. The first kappa shape index (κ1) is 8.70. The molecule has 0 aromatic heterocycles. The van der Waals surface area contributed by atoms with Gasteiger partial charge in [0.05, 0.1) is 6.07 Å². The molecule has 0 aliphatic carbocycles. The van der Waals surface area contributed by atoms with Gasteiger partial charge >= 0.3 is 0 Å². The number of aryl methyl sites for hydroxylation is 1. The molecule has 1 aromatic carbocycles. The summed E-state index contributed by atoms with van der Waals surface area (Å²) in [4.78, 5) is 0. The van der Waals surface area contributed by atoms with Crippen molar-refractivity contribution in [2.75, 3.05) is 18.7 Å². The highest BCUT2D eigenvalue weighted by Gasteiger charge is 2.15. The Morgan fingerprint density at radius 3 is 2.86 bits per heavy atom. The van der Waals surface area contributed by atoms with Gasteiger partial charge in [-0.1, -0.05) is 0 Å². The van der Waals surface area contributed by atoms with Gasteiger partial charge in [0.25, 0.3) is 0 Å². The third-order valence-corrected chi connectivity index (χ3v) is 2.08. The fourth-order valence-corrected chi connectivity index (χ4v) is 1.37. The lowest BCUT2D eigenvalue weighted by atomic mass is 10.2. The van der Waals surface area contributed by atoms with E-state index in [1.807, 2.05) is 25.1 Å². The number of fused-ring (bicyclic) bond motifs is 1. The standard InChI is InChI=1S/C10H10N2O2/c1-7-4-9-10(14-6-13-9)5-8(7)12-3-2-11/h4-5,12H,3,6H2,1H3. The van der Waals surface area contributed by atoms with Crippen LogP contribution in [0.2, 0.25) is 0 Å². The molecule has 0 spiro atoms. The van der Waals surface area contributed by atoms with Crippen molar-refractivity contribution in [1.29, 1.82) is 5.26 Å². The summed E-state index contributed by atoms with van der Waals surface area (Å²) in [6.07, 6.45) is 0. The Morgan fingerprint density at radius 1 is 1.43 bits per heavy atom. The molecule has 4 heteroatoms. The average molecular weight is 190 g/mol. The van der Waals surface area contributed by atoms with Crippen LogP contribution in [-0.2, 0) is 0 Å². The molecular formula is C10H10N2O2. The van der Waals surface area contributed by atoms with Crippen molar-refractivity contribution in [3.63, 3.8) is 0 Å². The van der Waals surface area contributed by atoms with Gasteiger partial charge in [0.1, 0.15) is 6.54 Å². The number of ether oxygens (including phenoxy) is 2. The predicted molar refractivity (Wildman–Crippen MR) is 51.4 cm³/mol. The second kappa shape index (κ2) is 3.46. The van der Waals surface area contributed by atoms with Crippen molar-refractivity contribution in [3.05, 3.63) is 17.7 Å². The SMILES string of the molecule is Cc1cc2c(cc1NCC#N)OCO2. The van der Waals surface area contributed by atoms with E-state index in [0.717, 1.165) is 22.7 Å². The van der Waals surface area contributed by atoms with Crippen LogP contribution >= 0.6 is 0 Å². The fourth-order valence-electron chi connectivity index (χ4n) is 1.37. The van der Waals surface area contributed by atoms with Gasteiger partial charge in [-0.05, 0) is 18.6 Å². The van der Waals surface area contributed by atoms with Gasteiger partial charge in [0.15, 0.2) is 11.5 Å². The maximum atomic E-state index is 8.44. The topological polar surface area (TPSA) is 54.3 Å². The lowest BCUT2D eigenvalue weighted by molar-refractivity contribution is 0.174. The quantitative estimate of drug-likeness (QED) is 0.720. The van der Waals surface area contributed by atoms with Gasteiger partial charge in [-0.15, -0.1) is 0 Å². The summed E-state index contributed by atoms with van der Waals surface area (Å²) < 4.78 is 10.5. The molecule has 0 unspecified atom stereocenters. The van der Waals surface area contributed by atoms with E-state index in [1.165, 1.54) is 0 Å². The van der Waals surface area contributed by atoms with E-state index < -0.39 is 0 Å². The summed E-state index contributed by atoms with van der Waals surface area (Å²) in [7, 11) is 0. The molecule has 0 saturated heterocycles. The fraction of sp³-hybridized carbons (Fsp3) is 0.300. The van der Waals surface area contributed by atoms with Gasteiger partial charge in [0.2, 0.25) is 6.79 Å². The highest BCUT2D eigenvalue weighted by molar-refractivity contribution is 5.61. The molecule has 0 saturated carbocycles. The molecule has 1 aromatic rings. The van der Waals surface area contributed by atoms with E-state index in [0.29, 0.717) is 6.54 Å². The highest BCUT2D eigenvalue weighted by atomic mass is 16.7. The molecule has 4 nitrogen and oxygen atoms in total. The van der Waals surface area contributed by atoms with E-state index in [9.17, 15) is 0 Å². The van der Waals surface area contributed by atoms with Crippen LogP contribution in [0.15, 0.2) is 12.1 Å². The van der Waals surface area contributed by atoms with Crippen molar-refractivity contribution >= 4 is 5.69 Å². The van der Waals surface area contributed by atoms with Gasteiger partial charge in [-0.2, -0.15) is 5.26 Å². The zero-order valence-corrected chi connectivity index (χ0v) is 7.83. The second-order valence-electron chi connectivity index (χ2n) is 3.03. The van der Waals surface area contributed by atoms with Crippen LogP contribution in [0.25, 0.3) is 0 Å². The normalized spacial score (nSPS) is 12.3. The highest BCUT2D eigenvalue weighted by Crippen LogP contribution is 2.36. The Hall–Kier alpha value is -1.89. The summed E-state index contributed by atoms with van der Waals surface area (Å²) in [6, 6.07) is 5.79. The molecule has 72 valence electrons. The minimum atomic E-state index is 0.274. The summed E-state index contributed by atoms with van der Waals surface area (Å²) >= 11 is 0. The Morgan fingerprint density at radius 2 is 2.14 bits per heavy atom. The van der Waals surface area contributed by atoms with Gasteiger partial charge in [0, 0.05) is 11.8 Å². The van der Waals surface area contributed by atoms with Crippen molar-refractivity contribution < 1.29 is 9.47 Å². The van der Waals surface area contributed by atoms with Gasteiger partial charge < -0.3 is 14.8 Å². The first-order valence-electron chi connectivity index (χ1n) is 4.32. The lowest BCUT2D eigenvalue weighted by Gasteiger charge is -2.07. The number of benzene rings is 1. The van der Waals surface area contributed by atoms with Crippen molar-refractivity contribution in [3.8, 4) is 17.6 Å². The van der Waals surface area contributed by atoms with Crippen LogP contribution < -0.4 is 14.8 Å². The van der Waals surface area contributed by atoms with Crippen LogP contribution in [0.3, 0.4) is 0 Å². The Kier molecular flexibility index (Phi) is 2.15. The van der Waals surface area contributed by atoms with Crippen LogP contribution in [0.5, 0.6) is 11.5 Å². The molecule has 14 heavy (non-hydrogen) atoms. The molecule has 1 heterocycles. The summed E-state index contributed by atoms with van der Waals surface area (Å²) in [5.41, 5.74) is 1.96. The first-order valence-corrected chi connectivity index (χ1v) is 4.32.